The van der Waals surface area contributed by atoms with Crippen LogP contribution in [0.3, 0.4) is 0 Å². The number of imidazole rings is 1. The van der Waals surface area contributed by atoms with Crippen LogP contribution >= 0.6 is 0 Å². The molecule has 0 saturated heterocycles. The van der Waals surface area contributed by atoms with Crippen LogP contribution in [0.25, 0.3) is 0 Å². The molecular weight excluding hydrogens is 255 g/mol. The molecule has 0 bridgehead atoms. The third-order valence-electron chi connectivity index (χ3n) is 3.93. The van der Waals surface area contributed by atoms with Crippen molar-refractivity contribution in [2.24, 2.45) is 5.73 Å². The van der Waals surface area contributed by atoms with E-state index in [0.29, 0.717) is 6.54 Å². The van der Waals surface area contributed by atoms with Crippen molar-refractivity contribution in [1.82, 2.24) is 14.5 Å². The number of hydrogen-bond donors (Lipinski definition) is 1. The summed E-state index contributed by atoms with van der Waals surface area (Å²) in [4.78, 5) is 6.37. The average Bonchev–Trinajstić information content (AvgIpc) is 3.05. The predicted molar refractivity (Wildman–Crippen MR) is 75.4 cm³/mol. The number of aromatic nitrogens is 2. The molecule has 2 N–H and O–H groups in total. The van der Waals surface area contributed by atoms with Crippen molar-refractivity contribution in [2.75, 3.05) is 13.1 Å². The zero-order valence-corrected chi connectivity index (χ0v) is 11.4. The summed E-state index contributed by atoms with van der Waals surface area (Å²) in [6, 6.07) is 5.18. The summed E-state index contributed by atoms with van der Waals surface area (Å²) in [5.74, 6) is -0.178. The Balaban J connectivity index is 1.63. The number of benzene rings is 1. The minimum absolute atomic E-state index is 0.142. The van der Waals surface area contributed by atoms with Crippen molar-refractivity contribution < 1.29 is 4.39 Å². The van der Waals surface area contributed by atoms with E-state index in [2.05, 4.69) is 14.5 Å². The third-order valence-corrected chi connectivity index (χ3v) is 3.93. The number of rotatable bonds is 5. The molecule has 106 valence electrons. The maximum absolute atomic E-state index is 13.4. The summed E-state index contributed by atoms with van der Waals surface area (Å²) in [5, 5.41) is 0. The standard InChI is InChI=1S/C15H19FN4/c16-13-3-2-12-10-20(15(9-17)14(12)8-13)6-1-5-19-7-4-18-11-19/h2-4,7-8,11,15H,1,5-6,9-10,17H2. The fourth-order valence-electron chi connectivity index (χ4n) is 2.93. The first-order valence-electron chi connectivity index (χ1n) is 6.96. The van der Waals surface area contributed by atoms with Crippen LogP contribution in [-0.2, 0) is 13.1 Å². The highest BCUT2D eigenvalue weighted by Gasteiger charge is 2.28. The average molecular weight is 274 g/mol. The summed E-state index contributed by atoms with van der Waals surface area (Å²) < 4.78 is 15.4. The Labute approximate surface area is 118 Å². The first-order chi connectivity index (χ1) is 9.78. The van der Waals surface area contributed by atoms with Crippen molar-refractivity contribution in [1.29, 1.82) is 0 Å². The van der Waals surface area contributed by atoms with Crippen molar-refractivity contribution in [2.45, 2.75) is 25.6 Å². The molecular formula is C15H19FN4. The van der Waals surface area contributed by atoms with Gasteiger partial charge in [0.15, 0.2) is 0 Å². The van der Waals surface area contributed by atoms with Gasteiger partial charge in [-0.25, -0.2) is 9.37 Å². The van der Waals surface area contributed by atoms with Gasteiger partial charge in [-0.1, -0.05) is 6.07 Å². The smallest absolute Gasteiger partial charge is 0.123 e. The molecule has 20 heavy (non-hydrogen) atoms. The Morgan fingerprint density at radius 2 is 2.25 bits per heavy atom. The number of hydrogen-bond acceptors (Lipinski definition) is 3. The Hall–Kier alpha value is -1.72. The highest BCUT2D eigenvalue weighted by Crippen LogP contribution is 2.33. The monoisotopic (exact) mass is 274 g/mol. The van der Waals surface area contributed by atoms with Gasteiger partial charge >= 0.3 is 0 Å². The molecule has 0 saturated carbocycles. The maximum atomic E-state index is 13.4. The molecule has 1 aromatic carbocycles. The molecule has 3 rings (SSSR count). The van der Waals surface area contributed by atoms with Gasteiger partial charge in [-0.15, -0.1) is 0 Å². The number of halogens is 1. The lowest BCUT2D eigenvalue weighted by molar-refractivity contribution is 0.213. The quantitative estimate of drug-likeness (QED) is 0.906. The Kier molecular flexibility index (Phi) is 3.80. The largest absolute Gasteiger partial charge is 0.337 e. The van der Waals surface area contributed by atoms with E-state index in [1.807, 2.05) is 18.6 Å². The summed E-state index contributed by atoms with van der Waals surface area (Å²) >= 11 is 0. The van der Waals surface area contributed by atoms with Crippen LogP contribution in [0.5, 0.6) is 0 Å². The highest BCUT2D eigenvalue weighted by atomic mass is 19.1. The molecule has 0 amide bonds. The van der Waals surface area contributed by atoms with E-state index in [0.717, 1.165) is 31.6 Å². The molecule has 0 spiro atoms. The van der Waals surface area contributed by atoms with Crippen LogP contribution in [0.2, 0.25) is 0 Å². The lowest BCUT2D eigenvalue weighted by Gasteiger charge is -2.23. The van der Waals surface area contributed by atoms with Crippen LogP contribution in [0.4, 0.5) is 4.39 Å². The van der Waals surface area contributed by atoms with Gasteiger partial charge in [0.1, 0.15) is 5.82 Å². The molecule has 1 unspecified atom stereocenters. The second kappa shape index (κ2) is 5.73. The van der Waals surface area contributed by atoms with Crippen LogP contribution in [0, 0.1) is 5.82 Å². The maximum Gasteiger partial charge on any atom is 0.123 e. The van der Waals surface area contributed by atoms with Crippen molar-refractivity contribution >= 4 is 0 Å². The minimum Gasteiger partial charge on any atom is -0.337 e. The zero-order valence-electron chi connectivity index (χ0n) is 11.4. The second-order valence-electron chi connectivity index (χ2n) is 5.22. The van der Waals surface area contributed by atoms with Gasteiger partial charge in [-0.2, -0.15) is 0 Å². The van der Waals surface area contributed by atoms with Crippen LogP contribution < -0.4 is 5.73 Å². The predicted octanol–water partition coefficient (Wildman–Crippen LogP) is 1.93. The van der Waals surface area contributed by atoms with Crippen molar-refractivity contribution in [3.05, 3.63) is 53.9 Å². The van der Waals surface area contributed by atoms with Gasteiger partial charge in [0, 0.05) is 44.6 Å². The normalized spacial score (nSPS) is 18.4. The van der Waals surface area contributed by atoms with E-state index in [1.165, 1.54) is 11.6 Å². The SMILES string of the molecule is NCC1c2cc(F)ccc2CN1CCCn1ccnc1. The molecule has 0 fully saturated rings. The lowest BCUT2D eigenvalue weighted by atomic mass is 10.0. The Bertz CT molecular complexity index is 567. The van der Waals surface area contributed by atoms with E-state index in [9.17, 15) is 4.39 Å². The number of fused-ring (bicyclic) bond motifs is 1. The fraction of sp³-hybridized carbons (Fsp3) is 0.400. The molecule has 1 aliphatic heterocycles. The number of aryl methyl sites for hydroxylation is 1. The number of nitrogens with zero attached hydrogens (tertiary/aromatic N) is 3. The first kappa shape index (κ1) is 13.3. The van der Waals surface area contributed by atoms with Gasteiger partial charge in [-0.3, -0.25) is 4.90 Å². The van der Waals surface area contributed by atoms with Gasteiger partial charge in [0.25, 0.3) is 0 Å². The molecule has 0 radical (unpaired) electrons. The molecule has 1 aromatic heterocycles. The Morgan fingerprint density at radius 1 is 1.35 bits per heavy atom. The molecule has 1 atom stereocenters. The molecule has 0 aliphatic carbocycles. The minimum atomic E-state index is -0.178. The van der Waals surface area contributed by atoms with Gasteiger partial charge < -0.3 is 10.3 Å². The van der Waals surface area contributed by atoms with Crippen molar-refractivity contribution in [3.8, 4) is 0 Å². The van der Waals surface area contributed by atoms with E-state index < -0.39 is 0 Å². The third kappa shape index (κ3) is 2.59. The van der Waals surface area contributed by atoms with E-state index >= 15 is 0 Å². The van der Waals surface area contributed by atoms with Crippen LogP contribution in [-0.4, -0.2) is 27.5 Å². The molecule has 2 aromatic rings. The van der Waals surface area contributed by atoms with Crippen molar-refractivity contribution in [3.63, 3.8) is 0 Å². The Morgan fingerprint density at radius 3 is 3.00 bits per heavy atom. The summed E-state index contributed by atoms with van der Waals surface area (Å²) in [6.45, 7) is 3.29. The lowest BCUT2D eigenvalue weighted by Crippen LogP contribution is -2.29. The fourth-order valence-corrected chi connectivity index (χ4v) is 2.93. The summed E-state index contributed by atoms with van der Waals surface area (Å²) in [5.41, 5.74) is 8.13. The van der Waals surface area contributed by atoms with E-state index in [4.69, 9.17) is 5.73 Å². The number of nitrogens with two attached hydrogens (primary N) is 1. The van der Waals surface area contributed by atoms with Gasteiger partial charge in [0.2, 0.25) is 0 Å². The molecule has 5 heteroatoms. The second-order valence-corrected chi connectivity index (χ2v) is 5.22. The molecule has 1 aliphatic rings. The summed E-state index contributed by atoms with van der Waals surface area (Å²) in [6.07, 6.45) is 6.61. The molecule has 4 nitrogen and oxygen atoms in total. The molecule has 2 heterocycles. The van der Waals surface area contributed by atoms with Gasteiger partial charge in [-0.05, 0) is 29.7 Å². The zero-order chi connectivity index (χ0) is 13.9. The van der Waals surface area contributed by atoms with E-state index in [-0.39, 0.29) is 11.9 Å². The highest BCUT2D eigenvalue weighted by molar-refractivity contribution is 5.34. The first-order valence-corrected chi connectivity index (χ1v) is 6.96. The van der Waals surface area contributed by atoms with Gasteiger partial charge in [0.05, 0.1) is 6.33 Å². The topological polar surface area (TPSA) is 47.1 Å². The van der Waals surface area contributed by atoms with Crippen LogP contribution in [0.15, 0.2) is 36.9 Å². The van der Waals surface area contributed by atoms with Crippen LogP contribution in [0.1, 0.15) is 23.6 Å². The van der Waals surface area contributed by atoms with E-state index in [1.54, 1.807) is 12.3 Å². The summed E-state index contributed by atoms with van der Waals surface area (Å²) in [7, 11) is 0.